The van der Waals surface area contributed by atoms with E-state index in [9.17, 15) is 4.79 Å². The zero-order valence-electron chi connectivity index (χ0n) is 19.0. The minimum absolute atomic E-state index is 0.0383. The molecule has 1 amide bonds. The first-order valence-electron chi connectivity index (χ1n) is 11.3. The fraction of sp³-hybridized carbons (Fsp3) is 0.259. The fourth-order valence-corrected chi connectivity index (χ4v) is 5.13. The van der Waals surface area contributed by atoms with Gasteiger partial charge in [0, 0.05) is 18.7 Å². The summed E-state index contributed by atoms with van der Waals surface area (Å²) >= 11 is 7.87. The van der Waals surface area contributed by atoms with Gasteiger partial charge in [0.2, 0.25) is 0 Å². The molecule has 33 heavy (non-hydrogen) atoms. The number of carbonyl (C=O) groups is 1. The minimum Gasteiger partial charge on any atom is -0.302 e. The predicted octanol–water partition coefficient (Wildman–Crippen LogP) is 6.53. The highest BCUT2D eigenvalue weighted by Gasteiger charge is 2.22. The van der Waals surface area contributed by atoms with E-state index >= 15 is 0 Å². The Bertz CT molecular complexity index is 1200. The van der Waals surface area contributed by atoms with Crippen molar-refractivity contribution < 1.29 is 4.79 Å². The second kappa shape index (κ2) is 10.9. The average Bonchev–Trinajstić information content (AvgIpc) is 3.28. The molecule has 4 nitrogen and oxygen atoms in total. The van der Waals surface area contributed by atoms with Crippen LogP contribution in [0.5, 0.6) is 0 Å². The predicted molar refractivity (Wildman–Crippen MR) is 140 cm³/mol. The summed E-state index contributed by atoms with van der Waals surface area (Å²) in [5.41, 5.74) is 3.85. The quantitative estimate of drug-likeness (QED) is 0.275. The molecule has 0 atom stereocenters. The van der Waals surface area contributed by atoms with Crippen LogP contribution in [0.15, 0.2) is 72.8 Å². The van der Waals surface area contributed by atoms with Crippen molar-refractivity contribution >= 4 is 44.2 Å². The number of likely N-dealkylation sites (N-methyl/N-ethyl adjacent to an activating group) is 1. The highest BCUT2D eigenvalue weighted by molar-refractivity contribution is 7.22. The van der Waals surface area contributed by atoms with Gasteiger partial charge in [0.15, 0.2) is 5.13 Å². The first-order valence-corrected chi connectivity index (χ1v) is 12.5. The van der Waals surface area contributed by atoms with E-state index in [0.717, 1.165) is 36.3 Å². The second-order valence-electron chi connectivity index (χ2n) is 7.93. The number of hydrogen-bond acceptors (Lipinski definition) is 4. The van der Waals surface area contributed by atoms with Crippen LogP contribution in [-0.4, -0.2) is 42.0 Å². The topological polar surface area (TPSA) is 36.4 Å². The Morgan fingerprint density at radius 1 is 0.879 bits per heavy atom. The normalized spacial score (nSPS) is 11.3. The third-order valence-corrected chi connectivity index (χ3v) is 7.17. The number of amides is 1. The first-order chi connectivity index (χ1) is 16.1. The van der Waals surface area contributed by atoms with Gasteiger partial charge >= 0.3 is 0 Å². The molecule has 170 valence electrons. The Labute approximate surface area is 204 Å². The molecule has 4 aromatic rings. The van der Waals surface area contributed by atoms with Crippen molar-refractivity contribution in [3.8, 4) is 0 Å². The molecule has 0 saturated heterocycles. The van der Waals surface area contributed by atoms with Crippen LogP contribution >= 0.6 is 22.9 Å². The molecule has 0 aliphatic heterocycles. The number of carbonyl (C=O) groups excluding carboxylic acids is 1. The highest BCUT2D eigenvalue weighted by Crippen LogP contribution is 2.33. The lowest BCUT2D eigenvalue weighted by Gasteiger charge is -2.24. The summed E-state index contributed by atoms with van der Waals surface area (Å²) in [6.07, 6.45) is 0.845. The van der Waals surface area contributed by atoms with Crippen LogP contribution in [0.2, 0.25) is 5.02 Å². The summed E-state index contributed by atoms with van der Waals surface area (Å²) in [6.45, 7) is 7.52. The Morgan fingerprint density at radius 3 is 2.24 bits per heavy atom. The molecule has 6 heteroatoms. The van der Waals surface area contributed by atoms with Crippen LogP contribution < -0.4 is 4.90 Å². The number of hydrogen-bond donors (Lipinski definition) is 0. The fourth-order valence-electron chi connectivity index (χ4n) is 3.84. The van der Waals surface area contributed by atoms with Crippen molar-refractivity contribution in [3.63, 3.8) is 0 Å². The number of nitrogens with zero attached hydrogens (tertiary/aromatic N) is 3. The number of para-hydroxylation sites is 1. The molecular formula is C27H28ClN3OS. The molecule has 3 aromatic carbocycles. The third-order valence-electron chi connectivity index (χ3n) is 5.82. The number of rotatable bonds is 9. The zero-order valence-corrected chi connectivity index (χ0v) is 20.6. The number of aromatic nitrogens is 1. The number of anilines is 1. The van der Waals surface area contributed by atoms with Gasteiger partial charge in [-0.1, -0.05) is 85.3 Å². The average molecular weight is 478 g/mol. The lowest BCUT2D eigenvalue weighted by atomic mass is 10.0. The number of benzene rings is 3. The molecule has 1 aromatic heterocycles. The van der Waals surface area contributed by atoms with Crippen LogP contribution in [0.25, 0.3) is 10.2 Å². The third kappa shape index (κ3) is 5.61. The molecule has 0 N–H and O–H groups in total. The zero-order chi connectivity index (χ0) is 23.2. The van der Waals surface area contributed by atoms with Crippen LogP contribution in [0, 0.1) is 0 Å². The summed E-state index contributed by atoms with van der Waals surface area (Å²) in [7, 11) is 0. The van der Waals surface area contributed by atoms with Crippen LogP contribution in [0.1, 0.15) is 35.3 Å². The summed E-state index contributed by atoms with van der Waals surface area (Å²) in [4.78, 5) is 22.4. The van der Waals surface area contributed by atoms with Crippen molar-refractivity contribution in [1.82, 2.24) is 9.88 Å². The van der Waals surface area contributed by atoms with E-state index in [4.69, 9.17) is 16.6 Å². The van der Waals surface area contributed by atoms with E-state index in [1.807, 2.05) is 60.7 Å². The van der Waals surface area contributed by atoms with Gasteiger partial charge < -0.3 is 4.90 Å². The van der Waals surface area contributed by atoms with E-state index in [-0.39, 0.29) is 5.91 Å². The van der Waals surface area contributed by atoms with Crippen molar-refractivity contribution in [2.24, 2.45) is 0 Å². The number of thiazole rings is 1. The van der Waals surface area contributed by atoms with Crippen molar-refractivity contribution in [2.45, 2.75) is 20.3 Å². The van der Waals surface area contributed by atoms with Gasteiger partial charge in [-0.3, -0.25) is 9.69 Å². The van der Waals surface area contributed by atoms with Gasteiger partial charge in [0.05, 0.1) is 9.72 Å². The SMILES string of the molecule is CCN(CC)CCN(C(=O)c1ccc(Cc2ccccc2)cc1)c1nc2c(Cl)cccc2s1. The van der Waals surface area contributed by atoms with Gasteiger partial charge in [-0.25, -0.2) is 4.98 Å². The molecule has 0 bridgehead atoms. The van der Waals surface area contributed by atoms with Crippen LogP contribution in [0.4, 0.5) is 5.13 Å². The Morgan fingerprint density at radius 2 is 1.58 bits per heavy atom. The van der Waals surface area contributed by atoms with Gasteiger partial charge in [-0.05, 0) is 54.9 Å². The van der Waals surface area contributed by atoms with Gasteiger partial charge in [-0.2, -0.15) is 0 Å². The molecule has 0 aliphatic carbocycles. The number of halogens is 1. The molecular weight excluding hydrogens is 450 g/mol. The maximum Gasteiger partial charge on any atom is 0.260 e. The molecule has 0 radical (unpaired) electrons. The van der Waals surface area contributed by atoms with E-state index in [1.165, 1.54) is 22.5 Å². The van der Waals surface area contributed by atoms with Gasteiger partial charge in [0.25, 0.3) is 5.91 Å². The number of fused-ring (bicyclic) bond motifs is 1. The lowest BCUT2D eigenvalue weighted by molar-refractivity contribution is 0.0984. The molecule has 0 aliphatic rings. The first kappa shape index (κ1) is 23.4. The summed E-state index contributed by atoms with van der Waals surface area (Å²) in [6, 6.07) is 24.0. The minimum atomic E-state index is -0.0383. The molecule has 0 saturated carbocycles. The van der Waals surface area contributed by atoms with Crippen molar-refractivity contribution in [3.05, 3.63) is 94.5 Å². The Hall–Kier alpha value is -2.73. The second-order valence-corrected chi connectivity index (χ2v) is 9.34. The van der Waals surface area contributed by atoms with E-state index in [0.29, 0.717) is 22.3 Å². The van der Waals surface area contributed by atoms with E-state index < -0.39 is 0 Å². The van der Waals surface area contributed by atoms with Crippen molar-refractivity contribution in [2.75, 3.05) is 31.1 Å². The summed E-state index contributed by atoms with van der Waals surface area (Å²) in [5.74, 6) is -0.0383. The smallest absolute Gasteiger partial charge is 0.260 e. The maximum absolute atomic E-state index is 13.6. The summed E-state index contributed by atoms with van der Waals surface area (Å²) in [5, 5.41) is 1.29. The van der Waals surface area contributed by atoms with E-state index in [2.05, 4.69) is 30.9 Å². The maximum atomic E-state index is 13.6. The van der Waals surface area contributed by atoms with Crippen molar-refractivity contribution in [1.29, 1.82) is 0 Å². The molecule has 1 heterocycles. The van der Waals surface area contributed by atoms with Crippen LogP contribution in [-0.2, 0) is 6.42 Å². The highest BCUT2D eigenvalue weighted by atomic mass is 35.5. The largest absolute Gasteiger partial charge is 0.302 e. The Kier molecular flexibility index (Phi) is 7.76. The van der Waals surface area contributed by atoms with Gasteiger partial charge in [-0.15, -0.1) is 0 Å². The molecule has 0 spiro atoms. The summed E-state index contributed by atoms with van der Waals surface area (Å²) < 4.78 is 0.983. The standard InChI is InChI=1S/C27H28ClN3OS/c1-3-30(4-2)17-18-31(27-29-25-23(28)11-8-12-24(25)33-27)26(32)22-15-13-21(14-16-22)19-20-9-6-5-7-10-20/h5-16H,3-4,17-19H2,1-2H3. The van der Waals surface area contributed by atoms with E-state index in [1.54, 1.807) is 4.90 Å². The molecule has 0 unspecified atom stereocenters. The molecule has 4 rings (SSSR count). The monoisotopic (exact) mass is 477 g/mol. The van der Waals surface area contributed by atoms with Crippen LogP contribution in [0.3, 0.4) is 0 Å². The molecule has 0 fully saturated rings. The lowest BCUT2D eigenvalue weighted by Crippen LogP contribution is -2.38. The Balaban J connectivity index is 1.60. The van der Waals surface area contributed by atoms with Gasteiger partial charge in [0.1, 0.15) is 5.52 Å².